The molecule has 1 N–H and O–H groups in total. The standard InChI is InChI=1S/C12H19N3S/c1-9-13-8-7-12(14-9)15-10-5-3-4-6-11(10)16-2/h7-8,10-11H,3-6H2,1-2H3,(H,13,14,15). The predicted molar refractivity (Wildman–Crippen MR) is 70.0 cm³/mol. The second kappa shape index (κ2) is 5.53. The Balaban J connectivity index is 2.02. The SMILES string of the molecule is CSC1CCCCC1Nc1ccnc(C)n1. The molecule has 0 spiro atoms. The van der Waals surface area contributed by atoms with E-state index >= 15 is 0 Å². The van der Waals surface area contributed by atoms with Crippen LogP contribution in [0, 0.1) is 6.92 Å². The number of thioether (sulfide) groups is 1. The van der Waals surface area contributed by atoms with E-state index in [1.165, 1.54) is 25.7 Å². The van der Waals surface area contributed by atoms with Gasteiger partial charge < -0.3 is 5.32 Å². The molecule has 2 atom stereocenters. The maximum absolute atomic E-state index is 4.40. The van der Waals surface area contributed by atoms with Crippen molar-refractivity contribution < 1.29 is 0 Å². The van der Waals surface area contributed by atoms with E-state index in [1.807, 2.05) is 30.9 Å². The highest BCUT2D eigenvalue weighted by atomic mass is 32.2. The maximum atomic E-state index is 4.40. The van der Waals surface area contributed by atoms with Gasteiger partial charge in [0.25, 0.3) is 0 Å². The molecule has 1 fully saturated rings. The van der Waals surface area contributed by atoms with Gasteiger partial charge in [0.15, 0.2) is 0 Å². The monoisotopic (exact) mass is 237 g/mol. The highest BCUT2D eigenvalue weighted by Crippen LogP contribution is 2.28. The number of anilines is 1. The van der Waals surface area contributed by atoms with Gasteiger partial charge in [0.2, 0.25) is 0 Å². The van der Waals surface area contributed by atoms with Crippen LogP contribution in [-0.2, 0) is 0 Å². The molecule has 16 heavy (non-hydrogen) atoms. The number of aryl methyl sites for hydroxylation is 1. The van der Waals surface area contributed by atoms with E-state index in [2.05, 4.69) is 21.5 Å². The van der Waals surface area contributed by atoms with E-state index in [0.29, 0.717) is 6.04 Å². The van der Waals surface area contributed by atoms with Gasteiger partial charge in [-0.05, 0) is 32.1 Å². The Bertz CT molecular complexity index is 343. The minimum Gasteiger partial charge on any atom is -0.366 e. The second-order valence-corrected chi connectivity index (χ2v) is 5.38. The van der Waals surface area contributed by atoms with Crippen molar-refractivity contribution in [2.24, 2.45) is 0 Å². The molecule has 2 unspecified atom stereocenters. The molecule has 1 aliphatic carbocycles. The van der Waals surface area contributed by atoms with Crippen molar-refractivity contribution in [2.45, 2.75) is 43.9 Å². The van der Waals surface area contributed by atoms with Crippen molar-refractivity contribution in [3.63, 3.8) is 0 Å². The van der Waals surface area contributed by atoms with Gasteiger partial charge in [-0.3, -0.25) is 0 Å². The zero-order chi connectivity index (χ0) is 11.4. The van der Waals surface area contributed by atoms with Crippen molar-refractivity contribution in [1.82, 2.24) is 9.97 Å². The summed E-state index contributed by atoms with van der Waals surface area (Å²) in [7, 11) is 0. The molecule has 88 valence electrons. The summed E-state index contributed by atoms with van der Waals surface area (Å²) in [5, 5.41) is 4.28. The van der Waals surface area contributed by atoms with Crippen molar-refractivity contribution >= 4 is 17.6 Å². The Morgan fingerprint density at radius 2 is 2.19 bits per heavy atom. The third-order valence-electron chi connectivity index (χ3n) is 3.11. The molecule has 0 radical (unpaired) electrons. The molecule has 1 heterocycles. The van der Waals surface area contributed by atoms with E-state index in [9.17, 15) is 0 Å². The first-order valence-corrected chi connectivity index (χ1v) is 7.17. The third kappa shape index (κ3) is 2.88. The van der Waals surface area contributed by atoms with E-state index in [-0.39, 0.29) is 0 Å². The molecule has 1 aromatic rings. The van der Waals surface area contributed by atoms with Gasteiger partial charge in [-0.25, -0.2) is 9.97 Å². The minimum absolute atomic E-state index is 0.568. The van der Waals surface area contributed by atoms with Crippen LogP contribution in [0.2, 0.25) is 0 Å². The van der Waals surface area contributed by atoms with Crippen molar-refractivity contribution in [3.8, 4) is 0 Å². The minimum atomic E-state index is 0.568. The smallest absolute Gasteiger partial charge is 0.129 e. The first-order valence-electron chi connectivity index (χ1n) is 5.88. The molecule has 1 aliphatic rings. The molecule has 1 aromatic heterocycles. The summed E-state index contributed by atoms with van der Waals surface area (Å²) >= 11 is 1.97. The average molecular weight is 237 g/mol. The van der Waals surface area contributed by atoms with Gasteiger partial charge in [0.1, 0.15) is 11.6 Å². The van der Waals surface area contributed by atoms with E-state index in [1.54, 1.807) is 0 Å². The molecule has 0 aromatic carbocycles. The lowest BCUT2D eigenvalue weighted by Crippen LogP contribution is -2.34. The second-order valence-electron chi connectivity index (χ2n) is 4.30. The lowest BCUT2D eigenvalue weighted by molar-refractivity contribution is 0.474. The number of nitrogens with one attached hydrogen (secondary N) is 1. The quantitative estimate of drug-likeness (QED) is 0.877. The van der Waals surface area contributed by atoms with Crippen LogP contribution in [0.1, 0.15) is 31.5 Å². The summed E-state index contributed by atoms with van der Waals surface area (Å²) in [5.41, 5.74) is 0. The van der Waals surface area contributed by atoms with Gasteiger partial charge >= 0.3 is 0 Å². The van der Waals surface area contributed by atoms with Gasteiger partial charge in [0, 0.05) is 17.5 Å². The zero-order valence-corrected chi connectivity index (χ0v) is 10.8. The maximum Gasteiger partial charge on any atom is 0.129 e. The fourth-order valence-corrected chi connectivity index (χ4v) is 3.21. The van der Waals surface area contributed by atoms with Gasteiger partial charge in [-0.2, -0.15) is 11.8 Å². The highest BCUT2D eigenvalue weighted by Gasteiger charge is 2.24. The summed E-state index contributed by atoms with van der Waals surface area (Å²) in [4.78, 5) is 8.52. The fraction of sp³-hybridized carbons (Fsp3) is 0.667. The Hall–Kier alpha value is -0.770. The first kappa shape index (κ1) is 11.7. The third-order valence-corrected chi connectivity index (χ3v) is 4.28. The average Bonchev–Trinajstić information content (AvgIpc) is 2.30. The van der Waals surface area contributed by atoms with Crippen molar-refractivity contribution in [2.75, 3.05) is 11.6 Å². The van der Waals surface area contributed by atoms with E-state index in [0.717, 1.165) is 16.9 Å². The van der Waals surface area contributed by atoms with E-state index in [4.69, 9.17) is 0 Å². The van der Waals surface area contributed by atoms with Crippen molar-refractivity contribution in [3.05, 3.63) is 18.1 Å². The number of hydrogen-bond donors (Lipinski definition) is 1. The molecule has 2 rings (SSSR count). The molecule has 0 bridgehead atoms. The Kier molecular flexibility index (Phi) is 4.04. The van der Waals surface area contributed by atoms with Gasteiger partial charge in [0.05, 0.1) is 0 Å². The van der Waals surface area contributed by atoms with Crippen LogP contribution in [0.3, 0.4) is 0 Å². The number of rotatable bonds is 3. The Labute approximate surface area is 101 Å². The summed E-state index contributed by atoms with van der Waals surface area (Å²) in [6.45, 7) is 1.93. The van der Waals surface area contributed by atoms with Crippen LogP contribution in [-0.4, -0.2) is 27.5 Å². The lowest BCUT2D eigenvalue weighted by Gasteiger charge is -2.31. The summed E-state index contributed by atoms with van der Waals surface area (Å²) in [6, 6.07) is 2.52. The molecule has 0 aliphatic heterocycles. The summed E-state index contributed by atoms with van der Waals surface area (Å²) < 4.78 is 0. The van der Waals surface area contributed by atoms with Crippen LogP contribution in [0.25, 0.3) is 0 Å². The van der Waals surface area contributed by atoms with Crippen molar-refractivity contribution in [1.29, 1.82) is 0 Å². The molecular weight excluding hydrogens is 218 g/mol. The van der Waals surface area contributed by atoms with Crippen LogP contribution < -0.4 is 5.32 Å². The zero-order valence-electron chi connectivity index (χ0n) is 9.94. The Morgan fingerprint density at radius 3 is 2.94 bits per heavy atom. The van der Waals surface area contributed by atoms with Crippen LogP contribution in [0.4, 0.5) is 5.82 Å². The largest absolute Gasteiger partial charge is 0.366 e. The topological polar surface area (TPSA) is 37.8 Å². The van der Waals surface area contributed by atoms with E-state index < -0.39 is 0 Å². The molecule has 1 saturated carbocycles. The molecule has 0 amide bonds. The van der Waals surface area contributed by atoms with Crippen LogP contribution in [0.15, 0.2) is 12.3 Å². The van der Waals surface area contributed by atoms with Crippen LogP contribution in [0.5, 0.6) is 0 Å². The number of nitrogens with zero attached hydrogens (tertiary/aromatic N) is 2. The highest BCUT2D eigenvalue weighted by molar-refractivity contribution is 7.99. The summed E-state index contributed by atoms with van der Waals surface area (Å²) in [6.07, 6.45) is 9.31. The normalized spacial score (nSPS) is 25.4. The summed E-state index contributed by atoms with van der Waals surface area (Å²) in [5.74, 6) is 1.81. The number of hydrogen-bond acceptors (Lipinski definition) is 4. The fourth-order valence-electron chi connectivity index (χ4n) is 2.27. The molecular formula is C12H19N3S. The van der Waals surface area contributed by atoms with Crippen LogP contribution >= 0.6 is 11.8 Å². The molecule has 3 nitrogen and oxygen atoms in total. The van der Waals surface area contributed by atoms with Gasteiger partial charge in [-0.15, -0.1) is 0 Å². The number of aromatic nitrogens is 2. The first-order chi connectivity index (χ1) is 7.79. The van der Waals surface area contributed by atoms with Gasteiger partial charge in [-0.1, -0.05) is 12.8 Å². The molecule has 4 heteroatoms. The Morgan fingerprint density at radius 1 is 1.38 bits per heavy atom. The predicted octanol–water partition coefficient (Wildman–Crippen LogP) is 2.87. The lowest BCUT2D eigenvalue weighted by atomic mass is 9.95. The molecule has 0 saturated heterocycles.